The van der Waals surface area contributed by atoms with Crippen LogP contribution in [0.4, 0.5) is 0 Å². The zero-order chi connectivity index (χ0) is 14.9. The molecule has 3 rings (SSSR count). The molecule has 1 aliphatic heterocycles. The first-order valence-corrected chi connectivity index (χ1v) is 9.90. The maximum absolute atomic E-state index is 12.6. The van der Waals surface area contributed by atoms with E-state index in [0.29, 0.717) is 12.3 Å². The van der Waals surface area contributed by atoms with E-state index in [0.717, 1.165) is 19.3 Å². The summed E-state index contributed by atoms with van der Waals surface area (Å²) in [6.07, 6.45) is 3.50. The summed E-state index contributed by atoms with van der Waals surface area (Å²) in [5, 5.41) is 0. The Morgan fingerprint density at radius 2 is 2.10 bits per heavy atom. The summed E-state index contributed by atoms with van der Waals surface area (Å²) in [4.78, 5) is 12.1. The van der Waals surface area contributed by atoms with Crippen LogP contribution in [0.25, 0.3) is 0 Å². The van der Waals surface area contributed by atoms with Gasteiger partial charge in [0.1, 0.15) is 0 Å². The summed E-state index contributed by atoms with van der Waals surface area (Å²) in [5.74, 6) is 0.440. The molecule has 4 atom stereocenters. The SMILES string of the molecule is CC[C@@H](Br)C(=O)N1[C@@H]2C[C@H]3CC[C@]2(CS1(=O)=O)C3(C)C. The maximum Gasteiger partial charge on any atom is 0.250 e. The molecule has 1 saturated heterocycles. The lowest BCUT2D eigenvalue weighted by atomic mass is 9.69. The van der Waals surface area contributed by atoms with Crippen LogP contribution in [0.3, 0.4) is 0 Å². The summed E-state index contributed by atoms with van der Waals surface area (Å²) in [6.45, 7) is 6.28. The monoisotopic (exact) mass is 363 g/mol. The van der Waals surface area contributed by atoms with Crippen LogP contribution in [-0.4, -0.2) is 35.3 Å². The molecule has 6 heteroatoms. The van der Waals surface area contributed by atoms with Crippen molar-refractivity contribution in [2.45, 2.75) is 57.3 Å². The molecule has 1 amide bonds. The van der Waals surface area contributed by atoms with Gasteiger partial charge < -0.3 is 0 Å². The topological polar surface area (TPSA) is 54.5 Å². The van der Waals surface area contributed by atoms with Crippen molar-refractivity contribution in [1.82, 2.24) is 4.31 Å². The lowest BCUT2D eigenvalue weighted by Gasteiger charge is -2.37. The van der Waals surface area contributed by atoms with Crippen LogP contribution in [-0.2, 0) is 14.8 Å². The predicted molar refractivity (Wildman–Crippen MR) is 81.0 cm³/mol. The van der Waals surface area contributed by atoms with Gasteiger partial charge in [-0.2, -0.15) is 0 Å². The zero-order valence-electron chi connectivity index (χ0n) is 12.2. The molecule has 2 saturated carbocycles. The molecule has 0 radical (unpaired) electrons. The Hall–Kier alpha value is -0.100. The Balaban J connectivity index is 2.05. The number of hydrogen-bond acceptors (Lipinski definition) is 3. The van der Waals surface area contributed by atoms with Gasteiger partial charge in [-0.3, -0.25) is 4.79 Å². The summed E-state index contributed by atoms with van der Waals surface area (Å²) < 4.78 is 26.4. The van der Waals surface area contributed by atoms with Crippen molar-refractivity contribution in [3.05, 3.63) is 0 Å². The maximum atomic E-state index is 12.6. The van der Waals surface area contributed by atoms with Gasteiger partial charge in [-0.15, -0.1) is 0 Å². The number of nitrogens with zero attached hydrogens (tertiary/aromatic N) is 1. The van der Waals surface area contributed by atoms with Gasteiger partial charge in [0.2, 0.25) is 15.9 Å². The summed E-state index contributed by atoms with van der Waals surface area (Å²) >= 11 is 3.32. The fourth-order valence-electron chi connectivity index (χ4n) is 4.89. The van der Waals surface area contributed by atoms with Crippen LogP contribution in [0.1, 0.15) is 46.5 Å². The second kappa shape index (κ2) is 4.22. The third kappa shape index (κ3) is 1.58. The van der Waals surface area contributed by atoms with Crippen molar-refractivity contribution < 1.29 is 13.2 Å². The van der Waals surface area contributed by atoms with Gasteiger partial charge in [0.25, 0.3) is 0 Å². The molecule has 0 aromatic heterocycles. The number of rotatable bonds is 2. The lowest BCUT2D eigenvalue weighted by Crippen LogP contribution is -2.46. The minimum atomic E-state index is -3.46. The normalized spacial score (nSPS) is 41.7. The number of sulfonamides is 1. The van der Waals surface area contributed by atoms with E-state index >= 15 is 0 Å². The summed E-state index contributed by atoms with van der Waals surface area (Å²) in [5.41, 5.74) is -0.194. The summed E-state index contributed by atoms with van der Waals surface area (Å²) in [6, 6.07) is -0.111. The molecule has 2 bridgehead atoms. The van der Waals surface area contributed by atoms with Gasteiger partial charge in [-0.25, -0.2) is 12.7 Å². The minimum Gasteiger partial charge on any atom is -0.272 e. The van der Waals surface area contributed by atoms with Gasteiger partial charge in [-0.1, -0.05) is 36.7 Å². The average Bonchev–Trinajstić information content (AvgIpc) is 2.83. The van der Waals surface area contributed by atoms with Gasteiger partial charge in [0.05, 0.1) is 16.6 Å². The highest BCUT2D eigenvalue weighted by Gasteiger charge is 2.72. The van der Waals surface area contributed by atoms with Crippen LogP contribution in [0.15, 0.2) is 0 Å². The highest BCUT2D eigenvalue weighted by atomic mass is 79.9. The van der Waals surface area contributed by atoms with Crippen molar-refractivity contribution in [2.24, 2.45) is 16.7 Å². The van der Waals surface area contributed by atoms with E-state index in [-0.39, 0.29) is 28.5 Å². The number of carbonyl (C=O) groups excluding carboxylic acids is 1. The van der Waals surface area contributed by atoms with E-state index in [1.54, 1.807) is 0 Å². The van der Waals surface area contributed by atoms with Crippen molar-refractivity contribution in [2.75, 3.05) is 5.75 Å². The number of fused-ring (bicyclic) bond motifs is 1. The minimum absolute atomic E-state index is 0.0216. The van der Waals surface area contributed by atoms with Crippen LogP contribution in [0.5, 0.6) is 0 Å². The number of amides is 1. The van der Waals surface area contributed by atoms with Crippen molar-refractivity contribution in [3.63, 3.8) is 0 Å². The van der Waals surface area contributed by atoms with Gasteiger partial charge in [0.15, 0.2) is 0 Å². The Labute approximate surface area is 129 Å². The van der Waals surface area contributed by atoms with Crippen LogP contribution >= 0.6 is 15.9 Å². The van der Waals surface area contributed by atoms with Crippen molar-refractivity contribution in [3.8, 4) is 0 Å². The standard InChI is InChI=1S/C14H22BrNO3S/c1-4-10(15)12(17)16-11-7-9-5-6-14(11,13(9,2)3)8-20(16,18)19/h9-11H,4-8H2,1-3H3/t9-,10-,11-,14-/m1/s1. The quantitative estimate of drug-likeness (QED) is 0.708. The Bertz CT molecular complexity index is 559. The molecule has 1 spiro atoms. The fraction of sp³-hybridized carbons (Fsp3) is 0.929. The smallest absolute Gasteiger partial charge is 0.250 e. The Morgan fingerprint density at radius 3 is 2.65 bits per heavy atom. The Morgan fingerprint density at radius 1 is 1.45 bits per heavy atom. The molecule has 2 aliphatic carbocycles. The average molecular weight is 364 g/mol. The van der Waals surface area contributed by atoms with E-state index < -0.39 is 14.9 Å². The first-order chi connectivity index (χ1) is 9.17. The van der Waals surface area contributed by atoms with Crippen molar-refractivity contribution >= 4 is 31.9 Å². The van der Waals surface area contributed by atoms with Crippen LogP contribution in [0, 0.1) is 16.7 Å². The zero-order valence-corrected chi connectivity index (χ0v) is 14.6. The number of alkyl halides is 1. The molecular weight excluding hydrogens is 342 g/mol. The van der Waals surface area contributed by atoms with Gasteiger partial charge in [-0.05, 0) is 37.0 Å². The van der Waals surface area contributed by atoms with E-state index in [2.05, 4.69) is 29.8 Å². The highest BCUT2D eigenvalue weighted by Crippen LogP contribution is 2.70. The lowest BCUT2D eigenvalue weighted by molar-refractivity contribution is -0.128. The summed E-state index contributed by atoms with van der Waals surface area (Å²) in [7, 11) is -3.46. The third-order valence-corrected chi connectivity index (χ3v) is 9.21. The van der Waals surface area contributed by atoms with Crippen LogP contribution < -0.4 is 0 Å². The molecule has 3 fully saturated rings. The van der Waals surface area contributed by atoms with Gasteiger partial charge in [0, 0.05) is 5.41 Å². The fourth-order valence-corrected chi connectivity index (χ4v) is 7.82. The molecule has 0 aromatic carbocycles. The molecular formula is C14H22BrNO3S. The molecule has 114 valence electrons. The van der Waals surface area contributed by atoms with E-state index in [9.17, 15) is 13.2 Å². The predicted octanol–water partition coefficient (Wildman–Crippen LogP) is 2.53. The molecule has 20 heavy (non-hydrogen) atoms. The van der Waals surface area contributed by atoms with E-state index in [4.69, 9.17) is 0 Å². The number of hydrogen-bond donors (Lipinski definition) is 0. The number of halogens is 1. The van der Waals surface area contributed by atoms with Crippen molar-refractivity contribution in [1.29, 1.82) is 0 Å². The molecule has 3 aliphatic rings. The highest BCUT2D eigenvalue weighted by molar-refractivity contribution is 9.10. The van der Waals surface area contributed by atoms with Gasteiger partial charge >= 0.3 is 0 Å². The number of carbonyl (C=O) groups is 1. The molecule has 0 unspecified atom stereocenters. The Kier molecular flexibility index (Phi) is 3.12. The van der Waals surface area contributed by atoms with E-state index in [1.165, 1.54) is 4.31 Å². The molecule has 1 heterocycles. The van der Waals surface area contributed by atoms with Crippen LogP contribution in [0.2, 0.25) is 0 Å². The molecule has 4 nitrogen and oxygen atoms in total. The largest absolute Gasteiger partial charge is 0.272 e. The third-order valence-electron chi connectivity index (χ3n) is 6.25. The first-order valence-electron chi connectivity index (χ1n) is 7.37. The van der Waals surface area contributed by atoms with E-state index in [1.807, 2.05) is 6.92 Å². The molecule has 0 aromatic rings. The second-order valence-electron chi connectivity index (χ2n) is 7.13. The second-order valence-corrected chi connectivity index (χ2v) is 10.1. The first kappa shape index (κ1) is 14.8. The molecule has 0 N–H and O–H groups in total.